The number of aliphatic hydroxyl groups excluding tert-OH is 2. The Morgan fingerprint density at radius 3 is 1.93 bits per heavy atom. The summed E-state index contributed by atoms with van der Waals surface area (Å²) in [6.45, 7) is 1.90. The quantitative estimate of drug-likeness (QED) is 0.0766. The molecule has 0 bridgehead atoms. The number of hydrogen-bond acceptors (Lipinski definition) is 10. The van der Waals surface area contributed by atoms with E-state index in [1.165, 1.54) is 58.7 Å². The van der Waals surface area contributed by atoms with Crippen molar-refractivity contribution in [2.75, 3.05) is 48.2 Å². The molecule has 0 saturated heterocycles. The van der Waals surface area contributed by atoms with Gasteiger partial charge in [-0.2, -0.15) is 0 Å². The van der Waals surface area contributed by atoms with Gasteiger partial charge in [0.2, 0.25) is 0 Å². The van der Waals surface area contributed by atoms with Crippen molar-refractivity contribution < 1.29 is 38.7 Å². The molecule has 10 heteroatoms. The Morgan fingerprint density at radius 1 is 0.759 bits per heavy atom. The predicted octanol–water partition coefficient (Wildman–Crippen LogP) is 5.79. The number of hydrogen-bond donors (Lipinski definition) is 4. The summed E-state index contributed by atoms with van der Waals surface area (Å²) >= 11 is 0. The number of carbonyl (C=O) groups is 2. The SMILES string of the molecule is C/C=C(CNC(CO)C(=O)OC)\C(=C/C/C=C1\CCc2c1cccc2-c1cccc2c1CC/C2=C\c1ccc(CNC(CO)C(=O)OC)c(OC)c1)OC. The van der Waals surface area contributed by atoms with Crippen LogP contribution >= 0.6 is 0 Å². The van der Waals surface area contributed by atoms with E-state index in [1.807, 2.05) is 31.2 Å². The number of ether oxygens (including phenoxy) is 4. The number of fused-ring (bicyclic) bond motifs is 2. The van der Waals surface area contributed by atoms with E-state index in [1.54, 1.807) is 14.2 Å². The molecule has 0 aliphatic heterocycles. The average molecular weight is 737 g/mol. The van der Waals surface area contributed by atoms with Crippen LogP contribution in [-0.2, 0) is 43.2 Å². The second-order valence-corrected chi connectivity index (χ2v) is 13.2. The van der Waals surface area contributed by atoms with Crippen LogP contribution < -0.4 is 15.4 Å². The molecule has 0 fully saturated rings. The highest BCUT2D eigenvalue weighted by molar-refractivity contribution is 5.91. The summed E-state index contributed by atoms with van der Waals surface area (Å²) in [7, 11) is 5.87. The van der Waals surface area contributed by atoms with Gasteiger partial charge >= 0.3 is 11.9 Å². The molecule has 2 aliphatic carbocycles. The van der Waals surface area contributed by atoms with E-state index < -0.39 is 24.0 Å². The normalized spacial score (nSPS) is 16.6. The average Bonchev–Trinajstić information content (AvgIpc) is 3.82. The summed E-state index contributed by atoms with van der Waals surface area (Å²) < 4.78 is 20.9. The minimum Gasteiger partial charge on any atom is -0.497 e. The van der Waals surface area contributed by atoms with Gasteiger partial charge in [0.25, 0.3) is 0 Å². The molecule has 0 saturated carbocycles. The fraction of sp³-hybridized carbons (Fsp3) is 0.364. The van der Waals surface area contributed by atoms with Gasteiger partial charge in [0.15, 0.2) is 0 Å². The van der Waals surface area contributed by atoms with Gasteiger partial charge in [0, 0.05) is 24.2 Å². The molecule has 54 heavy (non-hydrogen) atoms. The number of nitrogens with one attached hydrogen (secondary N) is 2. The largest absolute Gasteiger partial charge is 0.497 e. The number of benzene rings is 3. The first kappa shape index (κ1) is 40.2. The van der Waals surface area contributed by atoms with Crippen LogP contribution in [0.5, 0.6) is 5.75 Å². The van der Waals surface area contributed by atoms with Crippen molar-refractivity contribution >= 4 is 29.2 Å². The maximum Gasteiger partial charge on any atom is 0.325 e. The van der Waals surface area contributed by atoms with E-state index in [4.69, 9.17) is 18.9 Å². The predicted molar refractivity (Wildman–Crippen MR) is 211 cm³/mol. The molecular weight excluding hydrogens is 684 g/mol. The molecule has 286 valence electrons. The molecule has 0 heterocycles. The molecule has 2 aliphatic rings. The van der Waals surface area contributed by atoms with Crippen LogP contribution in [0.3, 0.4) is 0 Å². The number of aliphatic hydroxyl groups is 2. The van der Waals surface area contributed by atoms with Gasteiger partial charge in [-0.05, 0) is 101 Å². The van der Waals surface area contributed by atoms with E-state index >= 15 is 0 Å². The molecule has 0 radical (unpaired) electrons. The van der Waals surface area contributed by atoms with E-state index in [2.05, 4.69) is 65.3 Å². The van der Waals surface area contributed by atoms with Crippen molar-refractivity contribution in [3.8, 4) is 16.9 Å². The molecule has 3 aromatic rings. The number of rotatable bonds is 17. The van der Waals surface area contributed by atoms with Crippen LogP contribution in [0.4, 0.5) is 0 Å². The van der Waals surface area contributed by atoms with Crippen molar-refractivity contribution in [2.24, 2.45) is 0 Å². The Bertz CT molecular complexity index is 1940. The van der Waals surface area contributed by atoms with Crippen LogP contribution in [0, 0.1) is 0 Å². The summed E-state index contributed by atoms with van der Waals surface area (Å²) in [6.07, 6.45) is 13.0. The van der Waals surface area contributed by atoms with E-state index in [9.17, 15) is 19.8 Å². The fourth-order valence-electron chi connectivity index (χ4n) is 7.35. The molecule has 2 atom stereocenters. The molecule has 10 nitrogen and oxygen atoms in total. The molecule has 0 aromatic heterocycles. The highest BCUT2D eigenvalue weighted by Crippen LogP contribution is 2.44. The van der Waals surface area contributed by atoms with Crippen molar-refractivity contribution in [1.82, 2.24) is 10.6 Å². The maximum atomic E-state index is 11.9. The van der Waals surface area contributed by atoms with E-state index in [0.29, 0.717) is 25.3 Å². The first-order chi connectivity index (χ1) is 26.3. The van der Waals surface area contributed by atoms with Gasteiger partial charge in [-0.15, -0.1) is 0 Å². The lowest BCUT2D eigenvalue weighted by Gasteiger charge is -2.16. The van der Waals surface area contributed by atoms with E-state index in [-0.39, 0.29) is 13.2 Å². The van der Waals surface area contributed by atoms with Gasteiger partial charge in [0.1, 0.15) is 23.6 Å². The Balaban J connectivity index is 1.33. The third kappa shape index (κ3) is 9.19. The second kappa shape index (κ2) is 19.4. The lowest BCUT2D eigenvalue weighted by Crippen LogP contribution is -2.41. The van der Waals surface area contributed by atoms with Crippen LogP contribution in [0.15, 0.2) is 84.2 Å². The summed E-state index contributed by atoms with van der Waals surface area (Å²) in [6, 6.07) is 17.7. The van der Waals surface area contributed by atoms with Crippen molar-refractivity contribution in [3.63, 3.8) is 0 Å². The zero-order valence-electron chi connectivity index (χ0n) is 31.9. The molecule has 4 N–H and O–H groups in total. The zero-order valence-corrected chi connectivity index (χ0v) is 31.9. The first-order valence-electron chi connectivity index (χ1n) is 18.4. The first-order valence-corrected chi connectivity index (χ1v) is 18.4. The monoisotopic (exact) mass is 736 g/mol. The van der Waals surface area contributed by atoms with Crippen LogP contribution in [0.25, 0.3) is 28.3 Å². The van der Waals surface area contributed by atoms with Gasteiger partial charge in [0.05, 0.1) is 41.7 Å². The lowest BCUT2D eigenvalue weighted by molar-refractivity contribution is -0.145. The van der Waals surface area contributed by atoms with Gasteiger partial charge in [-0.1, -0.05) is 66.8 Å². The van der Waals surface area contributed by atoms with Crippen molar-refractivity contribution in [2.45, 2.75) is 57.7 Å². The molecule has 3 aromatic carbocycles. The topological polar surface area (TPSA) is 136 Å². The van der Waals surface area contributed by atoms with Crippen LogP contribution in [0.1, 0.15) is 59.6 Å². The molecular formula is C44H52N2O8. The maximum absolute atomic E-state index is 11.9. The van der Waals surface area contributed by atoms with E-state index in [0.717, 1.165) is 48.1 Å². The van der Waals surface area contributed by atoms with Gasteiger partial charge in [-0.25, -0.2) is 0 Å². The van der Waals surface area contributed by atoms with Crippen molar-refractivity contribution in [3.05, 3.63) is 118 Å². The van der Waals surface area contributed by atoms with Crippen LogP contribution in [-0.4, -0.2) is 82.4 Å². The smallest absolute Gasteiger partial charge is 0.325 e. The zero-order chi connectivity index (χ0) is 38.6. The molecule has 2 unspecified atom stereocenters. The standard InChI is InChI=1S/C44H52N2O8/c1-6-29(24-45-39(26-47)43(49)53-4)41(51-2)15-7-10-30-18-20-37-33(30)11-8-13-35(37)36-14-9-12-34-31(19-21-38(34)36)22-28-16-17-32(42(23-28)52-3)25-46-40(27-48)44(50)54-5/h6,8-17,22-23,39-40,45-48H,7,18-21,24-27H2,1-5H3/b29-6-,30-10+,31-22+,41-15+. The fourth-order valence-corrected chi connectivity index (χ4v) is 7.35. The highest BCUT2D eigenvalue weighted by Gasteiger charge is 2.25. The molecule has 0 amide bonds. The number of allylic oxidation sites excluding steroid dienone is 5. The number of methoxy groups -OCH3 is 4. The summed E-state index contributed by atoms with van der Waals surface area (Å²) in [5.41, 5.74) is 13.3. The lowest BCUT2D eigenvalue weighted by atomic mass is 9.91. The molecule has 0 spiro atoms. The van der Waals surface area contributed by atoms with Gasteiger partial charge < -0.3 is 29.2 Å². The minimum atomic E-state index is -0.806. The summed E-state index contributed by atoms with van der Waals surface area (Å²) in [5.74, 6) is 0.399. The third-order valence-electron chi connectivity index (χ3n) is 10.2. The second-order valence-electron chi connectivity index (χ2n) is 13.2. The molecule has 5 rings (SSSR count). The Hall–Kier alpha value is -5.00. The Labute approximate surface area is 318 Å². The number of carbonyl (C=O) groups excluding carboxylic acids is 2. The van der Waals surface area contributed by atoms with Gasteiger partial charge in [-0.3, -0.25) is 20.2 Å². The van der Waals surface area contributed by atoms with Crippen molar-refractivity contribution in [1.29, 1.82) is 0 Å². The summed E-state index contributed by atoms with van der Waals surface area (Å²) in [4.78, 5) is 23.8. The Kier molecular flexibility index (Phi) is 14.4. The highest BCUT2D eigenvalue weighted by atomic mass is 16.5. The van der Waals surface area contributed by atoms with Crippen LogP contribution in [0.2, 0.25) is 0 Å². The number of esters is 2. The summed E-state index contributed by atoms with van der Waals surface area (Å²) in [5, 5.41) is 25.2. The third-order valence-corrected chi connectivity index (χ3v) is 10.2. The minimum absolute atomic E-state index is 0.344. The Morgan fingerprint density at radius 2 is 1.35 bits per heavy atom.